The van der Waals surface area contributed by atoms with E-state index in [-0.39, 0.29) is 59.3 Å². The molecular formula is C40H47N3O10. The number of aromatic nitrogens is 2. The molecule has 0 bridgehead atoms. The second-order valence-corrected chi connectivity index (χ2v) is 13.0. The molecule has 2 atom stereocenters. The minimum Gasteiger partial charge on any atom is -0.507 e. The number of methoxy groups -OCH3 is 3. The van der Waals surface area contributed by atoms with Crippen LogP contribution >= 0.6 is 0 Å². The minimum atomic E-state index is -1.02. The van der Waals surface area contributed by atoms with Crippen LogP contribution in [0.25, 0.3) is 17.1 Å². The van der Waals surface area contributed by atoms with Gasteiger partial charge in [-0.1, -0.05) is 24.3 Å². The van der Waals surface area contributed by atoms with Crippen molar-refractivity contribution in [1.29, 1.82) is 0 Å². The van der Waals surface area contributed by atoms with E-state index in [1.54, 1.807) is 31.2 Å². The maximum atomic E-state index is 13.8. The molecule has 0 aliphatic carbocycles. The number of aliphatic hydroxyl groups excluding tert-OH is 1. The Balaban J connectivity index is 1.55. The van der Waals surface area contributed by atoms with Crippen molar-refractivity contribution in [3.63, 3.8) is 0 Å². The topological polar surface area (TPSA) is 179 Å². The zero-order chi connectivity index (χ0) is 38.1. The van der Waals surface area contributed by atoms with Crippen molar-refractivity contribution in [1.82, 2.24) is 14.9 Å². The number of amides is 1. The van der Waals surface area contributed by atoms with E-state index in [2.05, 4.69) is 10.3 Å². The molecule has 5 rings (SSSR count). The van der Waals surface area contributed by atoms with E-state index in [4.69, 9.17) is 18.9 Å². The van der Waals surface area contributed by atoms with Crippen LogP contribution in [0.3, 0.4) is 0 Å². The van der Waals surface area contributed by atoms with Crippen molar-refractivity contribution in [2.45, 2.75) is 77.0 Å². The molecule has 1 aromatic heterocycles. The summed E-state index contributed by atoms with van der Waals surface area (Å²) in [6, 6.07) is 12.1. The monoisotopic (exact) mass is 729 g/mol. The summed E-state index contributed by atoms with van der Waals surface area (Å²) >= 11 is 0. The number of phenolic OH excluding ortho intramolecular Hbond substituents is 2. The Hall–Kier alpha value is -5.56. The lowest BCUT2D eigenvalue weighted by molar-refractivity contribution is -0.121. The SMILES string of the molecule is COc1cc(C(CC(=O)NCCn2c(CO)nc3ccccc32)c2c(O)cc3c(c2O)C(=O)OC(C)CCCC(=O)CCCC=C3)cc(OC)c1OC. The van der Waals surface area contributed by atoms with E-state index in [0.29, 0.717) is 62.2 Å². The van der Waals surface area contributed by atoms with Gasteiger partial charge in [0.15, 0.2) is 11.5 Å². The number of fused-ring (bicyclic) bond motifs is 2. The number of hydrogen-bond acceptors (Lipinski definition) is 11. The molecule has 0 spiro atoms. The van der Waals surface area contributed by atoms with Gasteiger partial charge in [0.2, 0.25) is 11.7 Å². The first kappa shape index (κ1) is 38.7. The summed E-state index contributed by atoms with van der Waals surface area (Å²) in [5.74, 6) is -1.67. The fraction of sp³-hybridized carbons (Fsp3) is 0.400. The van der Waals surface area contributed by atoms with Gasteiger partial charge in [0.25, 0.3) is 0 Å². The van der Waals surface area contributed by atoms with Crippen LogP contribution in [0.15, 0.2) is 48.5 Å². The van der Waals surface area contributed by atoms with Gasteiger partial charge in [0, 0.05) is 43.8 Å². The van der Waals surface area contributed by atoms with Gasteiger partial charge in [-0.25, -0.2) is 9.78 Å². The van der Waals surface area contributed by atoms with E-state index < -0.39 is 29.6 Å². The summed E-state index contributed by atoms with van der Waals surface area (Å²) in [4.78, 5) is 44.3. The number of nitrogens with one attached hydrogen (secondary N) is 1. The van der Waals surface area contributed by atoms with Gasteiger partial charge in [-0.05, 0) is 74.1 Å². The molecule has 0 saturated carbocycles. The highest BCUT2D eigenvalue weighted by Gasteiger charge is 2.32. The number of allylic oxidation sites excluding steroid dienone is 1. The molecule has 13 nitrogen and oxygen atoms in total. The number of nitrogens with zero attached hydrogens (tertiary/aromatic N) is 2. The second-order valence-electron chi connectivity index (χ2n) is 13.0. The number of cyclic esters (lactones) is 1. The fourth-order valence-corrected chi connectivity index (χ4v) is 6.77. The standard InChI is InChI=1S/C40H47N3O10/c1-24-11-10-14-27(45)13-7-5-6-12-25-19-31(46)37(38(48)36(25)40(49)53-24)28(26-20-32(50-2)39(52-4)33(21-26)51-3)22-35(47)41-17-18-43-30-16-9-8-15-29(30)42-34(43)23-44/h6,8-9,12,15-16,19-21,24,28,44,46,48H,5,7,10-11,13-14,17-18,22-23H2,1-4H3,(H,41,47). The first-order valence-electron chi connectivity index (χ1n) is 17.7. The predicted molar refractivity (Wildman–Crippen MR) is 198 cm³/mol. The Morgan fingerprint density at radius 2 is 1.75 bits per heavy atom. The largest absolute Gasteiger partial charge is 0.507 e. The number of Topliss-reactive ketones (excluding diaryl/α,β-unsaturated/α-hetero) is 1. The lowest BCUT2D eigenvalue weighted by Gasteiger charge is -2.24. The third-order valence-corrected chi connectivity index (χ3v) is 9.41. The molecular weight excluding hydrogens is 682 g/mol. The first-order chi connectivity index (χ1) is 25.6. The number of carbonyl (C=O) groups is 3. The van der Waals surface area contributed by atoms with Crippen LogP contribution in [0.1, 0.15) is 90.7 Å². The van der Waals surface area contributed by atoms with Gasteiger partial charge < -0.3 is 44.2 Å². The third-order valence-electron chi connectivity index (χ3n) is 9.41. The van der Waals surface area contributed by atoms with Crippen molar-refractivity contribution < 1.29 is 48.7 Å². The molecule has 1 aliphatic heterocycles. The molecule has 282 valence electrons. The summed E-state index contributed by atoms with van der Waals surface area (Å²) in [7, 11) is 4.35. The zero-order valence-corrected chi connectivity index (χ0v) is 30.5. The number of rotatable bonds is 11. The van der Waals surface area contributed by atoms with E-state index in [9.17, 15) is 29.7 Å². The summed E-state index contributed by atoms with van der Waals surface area (Å²) in [5, 5.41) is 36.4. The van der Waals surface area contributed by atoms with Crippen LogP contribution < -0.4 is 19.5 Å². The number of benzene rings is 3. The van der Waals surface area contributed by atoms with Crippen LogP contribution in [-0.2, 0) is 27.5 Å². The summed E-state index contributed by atoms with van der Waals surface area (Å²) in [6.45, 7) is 1.94. The fourth-order valence-electron chi connectivity index (χ4n) is 6.77. The van der Waals surface area contributed by atoms with E-state index in [1.807, 2.05) is 28.8 Å². The smallest absolute Gasteiger partial charge is 0.342 e. The van der Waals surface area contributed by atoms with Crippen LogP contribution in [0.4, 0.5) is 0 Å². The average Bonchev–Trinajstić information content (AvgIpc) is 3.50. The van der Waals surface area contributed by atoms with Crippen molar-refractivity contribution in [2.75, 3.05) is 27.9 Å². The number of hydrogen-bond donors (Lipinski definition) is 4. The Morgan fingerprint density at radius 3 is 2.45 bits per heavy atom. The number of ketones is 1. The summed E-state index contributed by atoms with van der Waals surface area (Å²) < 4.78 is 24.3. The van der Waals surface area contributed by atoms with E-state index in [0.717, 1.165) is 11.0 Å². The number of imidazole rings is 1. The van der Waals surface area contributed by atoms with Gasteiger partial charge in [0.05, 0.1) is 38.5 Å². The van der Waals surface area contributed by atoms with Crippen LogP contribution in [0.2, 0.25) is 0 Å². The molecule has 0 saturated heterocycles. The van der Waals surface area contributed by atoms with Gasteiger partial charge in [0.1, 0.15) is 35.3 Å². The number of ether oxygens (including phenoxy) is 4. The van der Waals surface area contributed by atoms with Crippen molar-refractivity contribution in [3.05, 3.63) is 76.6 Å². The summed E-state index contributed by atoms with van der Waals surface area (Å²) in [6.07, 6.45) is 5.57. The first-order valence-corrected chi connectivity index (χ1v) is 17.7. The predicted octanol–water partition coefficient (Wildman–Crippen LogP) is 5.79. The lowest BCUT2D eigenvalue weighted by Crippen LogP contribution is -2.29. The third kappa shape index (κ3) is 8.91. The second kappa shape index (κ2) is 17.8. The van der Waals surface area contributed by atoms with Crippen molar-refractivity contribution >= 4 is 34.8 Å². The quantitative estimate of drug-likeness (QED) is 0.138. The van der Waals surface area contributed by atoms with Crippen molar-refractivity contribution in [2.24, 2.45) is 0 Å². The average molecular weight is 730 g/mol. The molecule has 1 aliphatic rings. The number of para-hydroxylation sites is 2. The molecule has 13 heteroatoms. The molecule has 4 aromatic rings. The van der Waals surface area contributed by atoms with Crippen LogP contribution in [-0.4, -0.2) is 76.5 Å². The van der Waals surface area contributed by atoms with E-state index >= 15 is 0 Å². The van der Waals surface area contributed by atoms with Crippen molar-refractivity contribution in [3.8, 4) is 28.7 Å². The number of esters is 1. The molecule has 53 heavy (non-hydrogen) atoms. The number of aliphatic hydroxyl groups is 1. The molecule has 2 heterocycles. The number of phenols is 2. The zero-order valence-electron chi connectivity index (χ0n) is 30.5. The number of carbonyl (C=O) groups excluding carboxylic acids is 3. The molecule has 1 amide bonds. The Bertz CT molecular complexity index is 1960. The van der Waals surface area contributed by atoms with Crippen LogP contribution in [0, 0.1) is 0 Å². The molecule has 0 fully saturated rings. The molecule has 4 N–H and O–H groups in total. The van der Waals surface area contributed by atoms with Gasteiger partial charge in [-0.2, -0.15) is 0 Å². The highest BCUT2D eigenvalue weighted by atomic mass is 16.5. The Morgan fingerprint density at radius 1 is 1.04 bits per heavy atom. The maximum absolute atomic E-state index is 13.8. The van der Waals surface area contributed by atoms with Gasteiger partial charge >= 0.3 is 5.97 Å². The van der Waals surface area contributed by atoms with Crippen LogP contribution in [0.5, 0.6) is 28.7 Å². The number of aromatic hydroxyl groups is 2. The molecule has 0 radical (unpaired) electrons. The summed E-state index contributed by atoms with van der Waals surface area (Å²) in [5.41, 5.74) is 1.95. The normalized spacial score (nSPS) is 16.0. The van der Waals surface area contributed by atoms with Gasteiger partial charge in [-0.3, -0.25) is 9.59 Å². The maximum Gasteiger partial charge on any atom is 0.342 e. The Labute approximate surface area is 308 Å². The van der Waals surface area contributed by atoms with E-state index in [1.165, 1.54) is 27.4 Å². The highest BCUT2D eigenvalue weighted by molar-refractivity contribution is 5.98. The Kier molecular flexibility index (Phi) is 13.0. The highest BCUT2D eigenvalue weighted by Crippen LogP contribution is 2.47. The lowest BCUT2D eigenvalue weighted by atomic mass is 9.84. The minimum absolute atomic E-state index is 0.0685. The molecule has 2 unspecified atom stereocenters. The molecule has 3 aromatic carbocycles. The van der Waals surface area contributed by atoms with Gasteiger partial charge in [-0.15, -0.1) is 0 Å².